The van der Waals surface area contributed by atoms with Crippen molar-refractivity contribution in [2.24, 2.45) is 0 Å². The number of allylic oxidation sites excluding steroid dienone is 1. The molecule has 0 atom stereocenters. The number of ketones is 1. The van der Waals surface area contributed by atoms with Crippen LogP contribution in [0.2, 0.25) is 0 Å². The maximum atomic E-state index is 12.7. The average Bonchev–Trinajstić information content (AvgIpc) is 3.10. The summed E-state index contributed by atoms with van der Waals surface area (Å²) in [4.78, 5) is 30.4. The molecule has 0 spiro atoms. The number of hydrogen-bond acceptors (Lipinski definition) is 5. The fraction of sp³-hybridized carbons (Fsp3) is 0.0476. The van der Waals surface area contributed by atoms with E-state index < -0.39 is 4.92 Å². The van der Waals surface area contributed by atoms with Gasteiger partial charge in [0.05, 0.1) is 17.5 Å². The van der Waals surface area contributed by atoms with Gasteiger partial charge in [0, 0.05) is 34.6 Å². The summed E-state index contributed by atoms with van der Waals surface area (Å²) in [6.45, 7) is 0. The summed E-state index contributed by atoms with van der Waals surface area (Å²) >= 11 is 0. The zero-order valence-electron chi connectivity index (χ0n) is 14.9. The number of ether oxygens (including phenoxy) is 1. The van der Waals surface area contributed by atoms with Crippen LogP contribution in [0.5, 0.6) is 5.75 Å². The molecule has 0 aliphatic heterocycles. The highest BCUT2D eigenvalue weighted by Crippen LogP contribution is 2.30. The Morgan fingerprint density at radius 3 is 2.64 bits per heavy atom. The van der Waals surface area contributed by atoms with Gasteiger partial charge in [-0.1, -0.05) is 6.08 Å². The molecule has 0 fully saturated rings. The summed E-state index contributed by atoms with van der Waals surface area (Å²) in [5, 5.41) is 12.6. The van der Waals surface area contributed by atoms with Crippen LogP contribution in [-0.2, 0) is 0 Å². The van der Waals surface area contributed by atoms with Gasteiger partial charge < -0.3 is 9.72 Å². The lowest BCUT2D eigenvalue weighted by Gasteiger charge is -1.99. The number of non-ortho nitro benzene ring substituents is 1. The Kier molecular flexibility index (Phi) is 4.33. The molecule has 2 aromatic carbocycles. The Hall–Kier alpha value is -4.00. The molecule has 2 aromatic heterocycles. The first-order chi connectivity index (χ1) is 13.6. The van der Waals surface area contributed by atoms with Crippen molar-refractivity contribution in [3.05, 3.63) is 82.2 Å². The Bertz CT molecular complexity index is 1240. The molecule has 7 heteroatoms. The van der Waals surface area contributed by atoms with E-state index in [4.69, 9.17) is 4.74 Å². The molecule has 138 valence electrons. The number of H-pyrrole nitrogens is 1. The normalized spacial score (nSPS) is 11.3. The van der Waals surface area contributed by atoms with Crippen molar-refractivity contribution in [3.63, 3.8) is 0 Å². The molecule has 0 saturated carbocycles. The van der Waals surface area contributed by atoms with Gasteiger partial charge in [-0.15, -0.1) is 0 Å². The number of nitro benzene ring substituents is 1. The Balaban J connectivity index is 1.70. The van der Waals surface area contributed by atoms with Crippen LogP contribution in [0.15, 0.2) is 60.8 Å². The number of nitro groups is 1. The summed E-state index contributed by atoms with van der Waals surface area (Å²) in [5.74, 6) is 0.471. The van der Waals surface area contributed by atoms with Crippen LogP contribution in [0.25, 0.3) is 27.9 Å². The van der Waals surface area contributed by atoms with Crippen LogP contribution in [0.4, 0.5) is 5.69 Å². The van der Waals surface area contributed by atoms with Crippen LogP contribution in [0.3, 0.4) is 0 Å². The second-order valence-corrected chi connectivity index (χ2v) is 6.16. The van der Waals surface area contributed by atoms with Crippen molar-refractivity contribution in [3.8, 4) is 5.75 Å². The third-order valence-electron chi connectivity index (χ3n) is 4.49. The molecule has 0 amide bonds. The zero-order valence-corrected chi connectivity index (χ0v) is 14.9. The van der Waals surface area contributed by atoms with Crippen LogP contribution in [0.1, 0.15) is 16.1 Å². The number of hydrogen-bond donors (Lipinski definition) is 1. The molecule has 1 N–H and O–H groups in total. The van der Waals surface area contributed by atoms with E-state index in [1.807, 2.05) is 24.3 Å². The van der Waals surface area contributed by atoms with Crippen molar-refractivity contribution in [1.29, 1.82) is 0 Å². The van der Waals surface area contributed by atoms with Gasteiger partial charge in [0.15, 0.2) is 0 Å². The molecule has 0 unspecified atom stereocenters. The largest absolute Gasteiger partial charge is 0.497 e. The van der Waals surface area contributed by atoms with Gasteiger partial charge in [-0.3, -0.25) is 19.9 Å². The summed E-state index contributed by atoms with van der Waals surface area (Å²) in [7, 11) is 1.61. The van der Waals surface area contributed by atoms with E-state index in [1.54, 1.807) is 31.5 Å². The fourth-order valence-electron chi connectivity index (χ4n) is 3.07. The second-order valence-electron chi connectivity index (χ2n) is 6.16. The second kappa shape index (κ2) is 6.96. The number of nitrogens with zero attached hydrogens (tertiary/aromatic N) is 2. The number of carbonyl (C=O) groups excluding carboxylic acids is 1. The van der Waals surface area contributed by atoms with Crippen LogP contribution in [-0.4, -0.2) is 27.8 Å². The van der Waals surface area contributed by atoms with Gasteiger partial charge in [0.25, 0.3) is 5.69 Å². The Morgan fingerprint density at radius 1 is 1.14 bits per heavy atom. The van der Waals surface area contributed by atoms with Crippen molar-refractivity contribution < 1.29 is 14.5 Å². The van der Waals surface area contributed by atoms with Crippen LogP contribution in [0, 0.1) is 10.1 Å². The lowest BCUT2D eigenvalue weighted by molar-refractivity contribution is -0.384. The summed E-state index contributed by atoms with van der Waals surface area (Å²) in [5.41, 5.74) is 2.54. The Labute approximate surface area is 159 Å². The third-order valence-corrected chi connectivity index (χ3v) is 4.49. The molecule has 0 aliphatic carbocycles. The molecule has 0 saturated heterocycles. The maximum Gasteiger partial charge on any atom is 0.269 e. The molecule has 0 aliphatic rings. The highest BCUT2D eigenvalue weighted by atomic mass is 16.6. The molecule has 4 aromatic rings. The predicted octanol–water partition coefficient (Wildman–Crippen LogP) is 4.53. The van der Waals surface area contributed by atoms with E-state index in [0.717, 1.165) is 22.0 Å². The molecular weight excluding hydrogens is 358 g/mol. The lowest BCUT2D eigenvalue weighted by Crippen LogP contribution is -1.99. The van der Waals surface area contributed by atoms with Gasteiger partial charge in [-0.25, -0.2) is 0 Å². The standard InChI is InChI=1S/C21H15N3O4/c1-28-15-7-8-18-17(12-15)16-10-11-22-21(20(16)23-18)19(25)9-4-13-2-5-14(6-3-13)24(26)27/h2-12,23H,1H3/b9-4+. The molecule has 4 rings (SSSR count). The van der Waals surface area contributed by atoms with Gasteiger partial charge >= 0.3 is 0 Å². The van der Waals surface area contributed by atoms with E-state index in [9.17, 15) is 14.9 Å². The van der Waals surface area contributed by atoms with Crippen LogP contribution < -0.4 is 4.74 Å². The highest BCUT2D eigenvalue weighted by Gasteiger charge is 2.14. The third kappa shape index (κ3) is 3.09. The number of methoxy groups -OCH3 is 1. The summed E-state index contributed by atoms with van der Waals surface area (Å²) in [6, 6.07) is 13.5. The van der Waals surface area contributed by atoms with E-state index in [0.29, 0.717) is 16.8 Å². The monoisotopic (exact) mass is 373 g/mol. The summed E-state index contributed by atoms with van der Waals surface area (Å²) < 4.78 is 5.28. The number of pyridine rings is 1. The minimum Gasteiger partial charge on any atom is -0.497 e. The minimum atomic E-state index is -0.464. The molecule has 2 heterocycles. The Morgan fingerprint density at radius 2 is 1.93 bits per heavy atom. The van der Waals surface area contributed by atoms with Crippen molar-refractivity contribution in [2.75, 3.05) is 7.11 Å². The van der Waals surface area contributed by atoms with E-state index in [1.165, 1.54) is 18.2 Å². The number of aromatic amines is 1. The predicted molar refractivity (Wildman–Crippen MR) is 107 cm³/mol. The smallest absolute Gasteiger partial charge is 0.269 e. The fourth-order valence-corrected chi connectivity index (χ4v) is 3.07. The summed E-state index contributed by atoms with van der Waals surface area (Å²) in [6.07, 6.45) is 4.62. The SMILES string of the molecule is COc1ccc2[nH]c3c(C(=O)/C=C/c4ccc([N+](=O)[O-])cc4)nccc3c2c1. The quantitative estimate of drug-likeness (QED) is 0.240. The van der Waals surface area contributed by atoms with Crippen LogP contribution >= 0.6 is 0 Å². The van der Waals surface area contributed by atoms with E-state index in [2.05, 4.69) is 9.97 Å². The highest BCUT2D eigenvalue weighted by molar-refractivity contribution is 6.17. The number of fused-ring (bicyclic) bond motifs is 3. The van der Waals surface area contributed by atoms with Crippen molar-refractivity contribution in [2.45, 2.75) is 0 Å². The lowest BCUT2D eigenvalue weighted by atomic mass is 10.1. The molecule has 0 radical (unpaired) electrons. The average molecular weight is 373 g/mol. The molecule has 0 bridgehead atoms. The molecule has 7 nitrogen and oxygen atoms in total. The van der Waals surface area contributed by atoms with E-state index >= 15 is 0 Å². The van der Waals surface area contributed by atoms with Crippen molar-refractivity contribution >= 4 is 39.4 Å². The first kappa shape index (κ1) is 17.4. The first-order valence-electron chi connectivity index (χ1n) is 8.48. The first-order valence-corrected chi connectivity index (χ1v) is 8.48. The van der Waals surface area contributed by atoms with Gasteiger partial charge in [0.2, 0.25) is 5.78 Å². The van der Waals surface area contributed by atoms with Gasteiger partial charge in [-0.05, 0) is 48.0 Å². The number of rotatable bonds is 5. The number of carbonyl (C=O) groups is 1. The molecule has 28 heavy (non-hydrogen) atoms. The van der Waals surface area contributed by atoms with Gasteiger partial charge in [0.1, 0.15) is 11.4 Å². The zero-order chi connectivity index (χ0) is 19.7. The minimum absolute atomic E-state index is 0.00316. The maximum absolute atomic E-state index is 12.7. The van der Waals surface area contributed by atoms with E-state index in [-0.39, 0.29) is 11.5 Å². The topological polar surface area (TPSA) is 98.1 Å². The van der Waals surface area contributed by atoms with Crippen molar-refractivity contribution in [1.82, 2.24) is 9.97 Å². The number of aromatic nitrogens is 2. The number of benzene rings is 2. The van der Waals surface area contributed by atoms with Gasteiger partial charge in [-0.2, -0.15) is 0 Å². The molecular formula is C21H15N3O4. The number of nitrogens with one attached hydrogen (secondary N) is 1.